The summed E-state index contributed by atoms with van der Waals surface area (Å²) in [5, 5.41) is 10.6. The van der Waals surface area contributed by atoms with E-state index >= 15 is 0 Å². The van der Waals surface area contributed by atoms with Crippen LogP contribution in [0.1, 0.15) is 323 Å². The van der Waals surface area contributed by atoms with Gasteiger partial charge in [0.1, 0.15) is 19.3 Å². The van der Waals surface area contributed by atoms with Crippen LogP contribution in [0.2, 0.25) is 0 Å². The first-order valence-corrected chi connectivity index (χ1v) is 43.4. The molecule has 0 heterocycles. The fourth-order valence-electron chi connectivity index (χ4n) is 10.5. The van der Waals surface area contributed by atoms with Crippen LogP contribution in [0.3, 0.4) is 0 Å². The van der Waals surface area contributed by atoms with Gasteiger partial charge in [0.15, 0.2) is 12.2 Å². The Kier molecular flexibility index (Phi) is 72.9. The second-order valence-electron chi connectivity index (χ2n) is 26.6. The molecule has 0 aliphatic rings. The van der Waals surface area contributed by atoms with E-state index in [1.165, 1.54) is 77.0 Å². The first-order valence-electron chi connectivity index (χ1n) is 40.4. The lowest BCUT2D eigenvalue weighted by molar-refractivity contribution is -0.161. The zero-order valence-corrected chi connectivity index (χ0v) is 66.9. The molecule has 0 saturated carbocycles. The van der Waals surface area contributed by atoms with Gasteiger partial charge >= 0.3 is 39.5 Å². The maximum absolute atomic E-state index is 13.1. The number of esters is 4. The SMILES string of the molecule is CC/C=C\C/C=C\C/C=C\C/C=C\C/C=C\C/C=C\CCC(=O)OCC(COP(=O)(O)OCC(O)COP(=O)(O)OCC(COC(=O)CCCCCCCC/C=C\C/C=C\C/C=C\C/C=C\CC)OC(=O)CCCCCCC/C=C\CCCC)OC(=O)CCCCCCCCCCCCCCCCC. The summed E-state index contributed by atoms with van der Waals surface area (Å²) in [6.07, 6.45) is 85.9. The number of aliphatic hydroxyl groups is 1. The molecule has 0 aromatic rings. The monoisotopic (exact) mass is 1500 g/mol. The van der Waals surface area contributed by atoms with Crippen LogP contribution in [-0.4, -0.2) is 96.7 Å². The van der Waals surface area contributed by atoms with E-state index in [0.717, 1.165) is 161 Å². The Bertz CT molecular complexity index is 2490. The molecule has 596 valence electrons. The molecule has 0 amide bonds. The van der Waals surface area contributed by atoms with E-state index in [9.17, 15) is 43.2 Å². The van der Waals surface area contributed by atoms with Crippen LogP contribution in [0, 0.1) is 0 Å². The minimum atomic E-state index is -4.99. The minimum Gasteiger partial charge on any atom is -0.462 e. The molecule has 104 heavy (non-hydrogen) atoms. The van der Waals surface area contributed by atoms with Gasteiger partial charge < -0.3 is 33.8 Å². The zero-order valence-electron chi connectivity index (χ0n) is 65.2. The van der Waals surface area contributed by atoms with Crippen molar-refractivity contribution in [3.05, 3.63) is 134 Å². The van der Waals surface area contributed by atoms with E-state index < -0.39 is 97.5 Å². The quantitative estimate of drug-likeness (QED) is 0.0169. The van der Waals surface area contributed by atoms with Crippen LogP contribution in [0.25, 0.3) is 0 Å². The summed E-state index contributed by atoms with van der Waals surface area (Å²) in [6.45, 7) is 4.52. The Balaban J connectivity index is 5.38. The minimum absolute atomic E-state index is 0.0356. The van der Waals surface area contributed by atoms with E-state index in [-0.39, 0.29) is 25.7 Å². The molecule has 0 rings (SSSR count). The van der Waals surface area contributed by atoms with Crippen molar-refractivity contribution in [2.24, 2.45) is 0 Å². The van der Waals surface area contributed by atoms with Crippen LogP contribution in [0.15, 0.2) is 134 Å². The normalized spacial score (nSPS) is 14.6. The fourth-order valence-corrected chi connectivity index (χ4v) is 12.1. The first-order chi connectivity index (χ1) is 50.7. The van der Waals surface area contributed by atoms with E-state index in [2.05, 4.69) is 143 Å². The number of hydrogen-bond acceptors (Lipinski definition) is 15. The third-order valence-corrected chi connectivity index (χ3v) is 18.5. The van der Waals surface area contributed by atoms with Crippen molar-refractivity contribution in [1.82, 2.24) is 0 Å². The van der Waals surface area contributed by atoms with Gasteiger partial charge in [-0.3, -0.25) is 37.3 Å². The lowest BCUT2D eigenvalue weighted by atomic mass is 10.0. The van der Waals surface area contributed by atoms with Crippen LogP contribution >= 0.6 is 15.6 Å². The third-order valence-electron chi connectivity index (χ3n) is 16.6. The van der Waals surface area contributed by atoms with Gasteiger partial charge in [-0.2, -0.15) is 0 Å². The maximum Gasteiger partial charge on any atom is 0.472 e. The molecule has 5 unspecified atom stereocenters. The molecule has 17 nitrogen and oxygen atoms in total. The van der Waals surface area contributed by atoms with Crippen LogP contribution < -0.4 is 0 Å². The Morgan fingerprint density at radius 1 is 0.279 bits per heavy atom. The smallest absolute Gasteiger partial charge is 0.462 e. The molecule has 0 aliphatic heterocycles. The van der Waals surface area contributed by atoms with Crippen molar-refractivity contribution >= 4 is 39.5 Å². The lowest BCUT2D eigenvalue weighted by Crippen LogP contribution is -2.30. The number of allylic oxidation sites excluding steroid dienone is 22. The number of rotatable bonds is 75. The summed E-state index contributed by atoms with van der Waals surface area (Å²) >= 11 is 0. The summed E-state index contributed by atoms with van der Waals surface area (Å²) in [7, 11) is -9.98. The molecule has 19 heteroatoms. The highest BCUT2D eigenvalue weighted by Gasteiger charge is 2.30. The van der Waals surface area contributed by atoms with Crippen molar-refractivity contribution in [3.63, 3.8) is 0 Å². The van der Waals surface area contributed by atoms with Crippen LogP contribution in [-0.2, 0) is 65.4 Å². The largest absolute Gasteiger partial charge is 0.472 e. The topological polar surface area (TPSA) is 237 Å². The lowest BCUT2D eigenvalue weighted by Gasteiger charge is -2.21. The number of hydrogen-bond donors (Lipinski definition) is 3. The maximum atomic E-state index is 13.1. The summed E-state index contributed by atoms with van der Waals surface area (Å²) in [5.41, 5.74) is 0. The summed E-state index contributed by atoms with van der Waals surface area (Å²) < 4.78 is 68.5. The molecule has 0 aliphatic carbocycles. The Labute approximate surface area is 631 Å². The first kappa shape index (κ1) is 99.2. The molecule has 0 radical (unpaired) electrons. The predicted molar refractivity (Wildman–Crippen MR) is 427 cm³/mol. The summed E-state index contributed by atoms with van der Waals surface area (Å²) in [4.78, 5) is 73.0. The van der Waals surface area contributed by atoms with Gasteiger partial charge in [0, 0.05) is 25.7 Å². The van der Waals surface area contributed by atoms with Crippen LogP contribution in [0.4, 0.5) is 0 Å². The Morgan fingerprint density at radius 3 is 0.865 bits per heavy atom. The average molecular weight is 1500 g/mol. The van der Waals surface area contributed by atoms with Gasteiger partial charge in [0.2, 0.25) is 0 Å². The van der Waals surface area contributed by atoms with Crippen molar-refractivity contribution in [1.29, 1.82) is 0 Å². The highest BCUT2D eigenvalue weighted by atomic mass is 31.2. The molecular weight excluding hydrogens is 1350 g/mol. The second kappa shape index (κ2) is 76.4. The van der Waals surface area contributed by atoms with Gasteiger partial charge in [-0.05, 0) is 122 Å². The third kappa shape index (κ3) is 75.4. The number of unbranched alkanes of at least 4 members (excludes halogenated alkanes) is 27. The molecule has 0 aromatic heterocycles. The highest BCUT2D eigenvalue weighted by molar-refractivity contribution is 7.47. The molecule has 0 fully saturated rings. The van der Waals surface area contributed by atoms with Crippen molar-refractivity contribution in [2.75, 3.05) is 39.6 Å². The molecule has 0 saturated heterocycles. The number of phosphoric acid groups is 2. The van der Waals surface area contributed by atoms with E-state index in [1.54, 1.807) is 0 Å². The van der Waals surface area contributed by atoms with Crippen molar-refractivity contribution in [2.45, 2.75) is 341 Å². The van der Waals surface area contributed by atoms with Gasteiger partial charge in [-0.25, -0.2) is 9.13 Å². The average Bonchev–Trinajstić information content (AvgIpc) is 0.929. The van der Waals surface area contributed by atoms with E-state index in [0.29, 0.717) is 32.1 Å². The molecule has 5 atom stereocenters. The summed E-state index contributed by atoms with van der Waals surface area (Å²) in [5.74, 6) is -2.29. The number of aliphatic hydroxyl groups excluding tert-OH is 1. The fraction of sp³-hybridized carbons (Fsp3) is 0.694. The highest BCUT2D eigenvalue weighted by Crippen LogP contribution is 2.45. The molecule has 0 bridgehead atoms. The number of carbonyl (C=O) groups excluding carboxylic acids is 4. The second-order valence-corrected chi connectivity index (χ2v) is 29.5. The molecular formula is C85H144O17P2. The van der Waals surface area contributed by atoms with Gasteiger partial charge in [0.25, 0.3) is 0 Å². The van der Waals surface area contributed by atoms with Crippen LogP contribution in [0.5, 0.6) is 0 Å². The Morgan fingerprint density at radius 2 is 0.529 bits per heavy atom. The molecule has 3 N–H and O–H groups in total. The zero-order chi connectivity index (χ0) is 76.0. The number of ether oxygens (including phenoxy) is 4. The standard InChI is InChI=1S/C85H144O17P2/c1-5-9-13-17-21-25-29-32-35-37-39-41-44-46-50-53-57-61-65-69-82(87)95-75-80(101-84(89)71-67-63-59-55-49-28-24-20-16-12-8-4)77-99-103(91,92)97-73-79(86)74-98-104(93,94)100-78-81(102-85(90)72-68-64-60-56-52-48-43-34-31-27-23-19-15-11-7-3)76-96-83(88)70-66-62-58-54-51-47-45-42-40-38-36-33-30-26-22-18-14-10-6-2/h9-10,13-14,20-22,24-26,32-33,35-36,39-42,47,51,58,62,79-81,86H,5-8,11-12,15-19,23,27-31,34,37-38,43-46,48-50,52-57,59-61,63-78H2,1-4H3,(H,91,92)(H,93,94)/b13-9-,14-10-,24-20-,25-21-,26-22-,35-32-,36-33-,41-39-,42-40-,51-47-,62-58-. The number of phosphoric ester groups is 2. The molecule has 0 aromatic carbocycles. The number of carbonyl (C=O) groups is 4. The summed E-state index contributed by atoms with van der Waals surface area (Å²) in [6, 6.07) is 0. The predicted octanol–water partition coefficient (Wildman–Crippen LogP) is 23.7. The van der Waals surface area contributed by atoms with Crippen molar-refractivity contribution in [3.8, 4) is 0 Å². The van der Waals surface area contributed by atoms with E-state index in [1.807, 2.05) is 18.2 Å². The van der Waals surface area contributed by atoms with Gasteiger partial charge in [0.05, 0.1) is 26.4 Å². The van der Waals surface area contributed by atoms with Gasteiger partial charge in [-0.1, -0.05) is 309 Å². The molecule has 0 spiro atoms. The van der Waals surface area contributed by atoms with Crippen molar-refractivity contribution < 1.29 is 80.2 Å². The Hall–Kier alpha value is -4.80. The van der Waals surface area contributed by atoms with E-state index in [4.69, 9.17) is 37.0 Å². The van der Waals surface area contributed by atoms with Gasteiger partial charge in [-0.15, -0.1) is 0 Å².